The second kappa shape index (κ2) is 13.0. The van der Waals surface area contributed by atoms with Crippen LogP contribution >= 0.6 is 0 Å². The van der Waals surface area contributed by atoms with Crippen LogP contribution in [0.15, 0.2) is 188 Å². The number of hydrogen-bond acceptors (Lipinski definition) is 3. The summed E-state index contributed by atoms with van der Waals surface area (Å²) in [6.45, 7) is 0. The summed E-state index contributed by atoms with van der Waals surface area (Å²) >= 11 is 0. The summed E-state index contributed by atoms with van der Waals surface area (Å²) in [4.78, 5) is 10.5. The lowest BCUT2D eigenvalue weighted by Gasteiger charge is -2.16. The Kier molecular flexibility index (Phi) is 7.53. The van der Waals surface area contributed by atoms with E-state index in [4.69, 9.17) is 9.97 Å². The number of hydrogen-bond donors (Lipinski definition) is 0. The number of rotatable bonds is 5. The third kappa shape index (κ3) is 5.37. The van der Waals surface area contributed by atoms with E-state index >= 15 is 0 Å². The molecule has 0 saturated heterocycles. The minimum absolute atomic E-state index is 0.646. The van der Waals surface area contributed by atoms with Gasteiger partial charge < -0.3 is 0 Å². The van der Waals surface area contributed by atoms with Gasteiger partial charge >= 0.3 is 0 Å². The monoisotopic (exact) mass is 685 g/mol. The van der Waals surface area contributed by atoms with E-state index in [1.54, 1.807) is 0 Å². The van der Waals surface area contributed by atoms with Gasteiger partial charge in [-0.1, -0.05) is 164 Å². The van der Waals surface area contributed by atoms with Crippen molar-refractivity contribution in [2.45, 2.75) is 0 Å². The van der Waals surface area contributed by atoms with Gasteiger partial charge in [0.15, 0.2) is 5.82 Å². The van der Waals surface area contributed by atoms with E-state index in [2.05, 4.69) is 152 Å². The highest BCUT2D eigenvalue weighted by atomic mass is 14.9. The molecular formula is C51H31N3. The van der Waals surface area contributed by atoms with Crippen LogP contribution < -0.4 is 0 Å². The standard InChI is InChI=1S/C51H31N3/c52-32-33-18-20-35(21-19-33)40-26-28-47(45-16-8-6-14-43(40)45)49-31-50(54-51(53-49)36-11-2-1-3-12-36)48-29-27-42(44-15-7-9-17-46(44)48)38-24-25-41-37(30-38)23-22-34-10-4-5-13-39(34)41/h1-31H. The van der Waals surface area contributed by atoms with E-state index < -0.39 is 0 Å². The molecule has 10 aromatic rings. The van der Waals surface area contributed by atoms with Gasteiger partial charge in [0.1, 0.15) is 0 Å². The van der Waals surface area contributed by atoms with Gasteiger partial charge in [-0.3, -0.25) is 0 Å². The summed E-state index contributed by atoms with van der Waals surface area (Å²) in [6.07, 6.45) is 0. The molecule has 0 fully saturated rings. The van der Waals surface area contributed by atoms with Gasteiger partial charge in [0, 0.05) is 16.7 Å². The van der Waals surface area contributed by atoms with Crippen molar-refractivity contribution >= 4 is 43.1 Å². The summed E-state index contributed by atoms with van der Waals surface area (Å²) < 4.78 is 0. The van der Waals surface area contributed by atoms with Gasteiger partial charge in [-0.15, -0.1) is 0 Å². The zero-order valence-electron chi connectivity index (χ0n) is 29.2. The average molecular weight is 686 g/mol. The van der Waals surface area contributed by atoms with Gasteiger partial charge in [0.25, 0.3) is 0 Å². The summed E-state index contributed by atoms with van der Waals surface area (Å²) in [5.41, 5.74) is 9.97. The molecule has 54 heavy (non-hydrogen) atoms. The first kappa shape index (κ1) is 31.3. The fourth-order valence-corrected chi connectivity index (χ4v) is 7.89. The van der Waals surface area contributed by atoms with E-state index in [0.717, 1.165) is 55.4 Å². The summed E-state index contributed by atoms with van der Waals surface area (Å²) in [6, 6.07) is 68.1. The third-order valence-electron chi connectivity index (χ3n) is 10.5. The van der Waals surface area contributed by atoms with Gasteiger partial charge in [0.05, 0.1) is 23.0 Å². The fraction of sp³-hybridized carbons (Fsp3) is 0. The normalized spacial score (nSPS) is 11.3. The lowest BCUT2D eigenvalue weighted by Crippen LogP contribution is -1.97. The first-order valence-electron chi connectivity index (χ1n) is 18.1. The lowest BCUT2D eigenvalue weighted by molar-refractivity contribution is 1.19. The Morgan fingerprint density at radius 1 is 0.333 bits per heavy atom. The van der Waals surface area contributed by atoms with Crippen molar-refractivity contribution in [2.24, 2.45) is 0 Å². The van der Waals surface area contributed by atoms with Crippen LogP contribution in [-0.4, -0.2) is 9.97 Å². The van der Waals surface area contributed by atoms with Crippen LogP contribution in [0.2, 0.25) is 0 Å². The SMILES string of the molecule is N#Cc1ccc(-c2ccc(-c3cc(-c4ccc(-c5ccc6c(ccc7ccccc76)c5)c5ccccc45)nc(-c4ccccc4)n3)c3ccccc23)cc1. The molecule has 250 valence electrons. The molecule has 0 aliphatic carbocycles. The zero-order valence-corrected chi connectivity index (χ0v) is 29.2. The van der Waals surface area contributed by atoms with E-state index in [0.29, 0.717) is 11.4 Å². The molecule has 0 bridgehead atoms. The van der Waals surface area contributed by atoms with E-state index in [9.17, 15) is 5.26 Å². The molecule has 0 amide bonds. The number of benzene rings is 9. The first-order valence-corrected chi connectivity index (χ1v) is 18.1. The average Bonchev–Trinajstić information content (AvgIpc) is 3.25. The number of fused-ring (bicyclic) bond motifs is 5. The molecule has 10 rings (SSSR count). The predicted molar refractivity (Wildman–Crippen MR) is 224 cm³/mol. The van der Waals surface area contributed by atoms with E-state index in [1.165, 1.54) is 38.1 Å². The molecule has 0 aliphatic heterocycles. The second-order valence-electron chi connectivity index (χ2n) is 13.7. The molecule has 0 spiro atoms. The van der Waals surface area contributed by atoms with E-state index in [1.807, 2.05) is 42.5 Å². The Morgan fingerprint density at radius 2 is 0.815 bits per heavy atom. The molecule has 0 atom stereocenters. The van der Waals surface area contributed by atoms with Gasteiger partial charge in [-0.2, -0.15) is 5.26 Å². The quantitative estimate of drug-likeness (QED) is 0.169. The third-order valence-corrected chi connectivity index (χ3v) is 10.5. The Bertz CT molecular complexity index is 3100. The number of aromatic nitrogens is 2. The van der Waals surface area contributed by atoms with Crippen molar-refractivity contribution in [3.8, 4) is 62.2 Å². The van der Waals surface area contributed by atoms with Crippen molar-refractivity contribution in [3.63, 3.8) is 0 Å². The van der Waals surface area contributed by atoms with Crippen LogP contribution in [0, 0.1) is 11.3 Å². The van der Waals surface area contributed by atoms with Crippen molar-refractivity contribution in [2.75, 3.05) is 0 Å². The molecule has 0 unspecified atom stereocenters. The summed E-state index contributed by atoms with van der Waals surface area (Å²) in [5, 5.41) is 18.9. The highest BCUT2D eigenvalue weighted by molar-refractivity contribution is 6.11. The molecule has 3 heteroatoms. The lowest BCUT2D eigenvalue weighted by atomic mass is 9.91. The highest BCUT2D eigenvalue weighted by Crippen LogP contribution is 2.40. The van der Waals surface area contributed by atoms with Crippen molar-refractivity contribution in [1.29, 1.82) is 5.26 Å². The molecule has 1 heterocycles. The molecule has 0 radical (unpaired) electrons. The molecule has 3 nitrogen and oxygen atoms in total. The number of nitrogens with zero attached hydrogens (tertiary/aromatic N) is 3. The maximum Gasteiger partial charge on any atom is 0.160 e. The van der Waals surface area contributed by atoms with Gasteiger partial charge in [-0.25, -0.2) is 9.97 Å². The molecule has 9 aromatic carbocycles. The minimum Gasteiger partial charge on any atom is -0.228 e. The smallest absolute Gasteiger partial charge is 0.160 e. The van der Waals surface area contributed by atoms with Crippen LogP contribution in [0.1, 0.15) is 5.56 Å². The summed E-state index contributed by atoms with van der Waals surface area (Å²) in [5.74, 6) is 0.679. The molecule has 0 saturated carbocycles. The van der Waals surface area contributed by atoms with Crippen molar-refractivity contribution < 1.29 is 0 Å². The van der Waals surface area contributed by atoms with Crippen LogP contribution in [0.4, 0.5) is 0 Å². The molecule has 1 aromatic heterocycles. The Labute approximate surface area is 313 Å². The largest absolute Gasteiger partial charge is 0.228 e. The van der Waals surface area contributed by atoms with Crippen LogP contribution in [0.5, 0.6) is 0 Å². The predicted octanol–water partition coefficient (Wildman–Crippen LogP) is 13.3. The first-order chi connectivity index (χ1) is 26.7. The van der Waals surface area contributed by atoms with Crippen molar-refractivity contribution in [1.82, 2.24) is 9.97 Å². The fourth-order valence-electron chi connectivity index (χ4n) is 7.89. The van der Waals surface area contributed by atoms with Crippen LogP contribution in [0.25, 0.3) is 99.2 Å². The second-order valence-corrected chi connectivity index (χ2v) is 13.7. The van der Waals surface area contributed by atoms with Gasteiger partial charge in [-0.05, 0) is 89.6 Å². The highest BCUT2D eigenvalue weighted by Gasteiger charge is 2.17. The summed E-state index contributed by atoms with van der Waals surface area (Å²) in [7, 11) is 0. The van der Waals surface area contributed by atoms with Gasteiger partial charge in [0.2, 0.25) is 0 Å². The topological polar surface area (TPSA) is 49.6 Å². The van der Waals surface area contributed by atoms with Crippen LogP contribution in [-0.2, 0) is 0 Å². The zero-order chi connectivity index (χ0) is 36.0. The molecule has 0 N–H and O–H groups in total. The Balaban J connectivity index is 1.15. The Hall–Kier alpha value is -7.41. The van der Waals surface area contributed by atoms with Crippen LogP contribution in [0.3, 0.4) is 0 Å². The van der Waals surface area contributed by atoms with E-state index in [-0.39, 0.29) is 0 Å². The maximum atomic E-state index is 9.37. The molecule has 0 aliphatic rings. The number of nitriles is 1. The minimum atomic E-state index is 0.646. The molecular weight excluding hydrogens is 655 g/mol. The van der Waals surface area contributed by atoms with Crippen molar-refractivity contribution in [3.05, 3.63) is 194 Å². The maximum absolute atomic E-state index is 9.37. The Morgan fingerprint density at radius 3 is 1.44 bits per heavy atom.